The van der Waals surface area contributed by atoms with E-state index >= 15 is 0 Å². The molecule has 0 spiro atoms. The van der Waals surface area contributed by atoms with Crippen LogP contribution in [-0.4, -0.2) is 64.1 Å². The first-order valence-corrected chi connectivity index (χ1v) is 10.8. The van der Waals surface area contributed by atoms with Crippen molar-refractivity contribution in [2.45, 2.75) is 72.1 Å². The summed E-state index contributed by atoms with van der Waals surface area (Å²) in [5, 5.41) is 0.218. The minimum Gasteiger partial charge on any atom is -0.472 e. The first kappa shape index (κ1) is 25.8. The van der Waals surface area contributed by atoms with Crippen molar-refractivity contribution >= 4 is 29.4 Å². The van der Waals surface area contributed by atoms with E-state index in [1.54, 1.807) is 20.8 Å². The third-order valence-electron chi connectivity index (χ3n) is 5.05. The van der Waals surface area contributed by atoms with Gasteiger partial charge >= 0.3 is 11.9 Å². The van der Waals surface area contributed by atoms with E-state index in [2.05, 4.69) is 9.97 Å². The van der Waals surface area contributed by atoms with Gasteiger partial charge in [-0.2, -0.15) is 0 Å². The zero-order valence-corrected chi connectivity index (χ0v) is 20.4. The molecule has 2 heterocycles. The second-order valence-corrected chi connectivity index (χ2v) is 10.3. The van der Waals surface area contributed by atoms with Crippen LogP contribution in [0.15, 0.2) is 12.4 Å². The van der Waals surface area contributed by atoms with E-state index in [0.717, 1.165) is 0 Å². The predicted molar refractivity (Wildman–Crippen MR) is 117 cm³/mol. The number of hydrogen-bond acceptors (Lipinski definition) is 8. The molecule has 1 saturated heterocycles. The summed E-state index contributed by atoms with van der Waals surface area (Å²) in [6.07, 6.45) is 0.889. The van der Waals surface area contributed by atoms with E-state index in [1.165, 1.54) is 24.4 Å². The molecular formula is C22H32ClN3O6. The molecular weight excluding hydrogens is 438 g/mol. The van der Waals surface area contributed by atoms with Crippen LogP contribution in [0.3, 0.4) is 0 Å². The number of hydrogen-bond donors (Lipinski definition) is 0. The van der Waals surface area contributed by atoms with Gasteiger partial charge in [-0.05, 0) is 26.2 Å². The topological polar surface area (TPSA) is 108 Å². The Balaban J connectivity index is 2.24. The smallest absolute Gasteiger partial charge is 0.328 e. The first-order chi connectivity index (χ1) is 14.7. The fourth-order valence-electron chi connectivity index (χ4n) is 3.55. The lowest BCUT2D eigenvalue weighted by Gasteiger charge is -2.34. The van der Waals surface area contributed by atoms with Gasteiger partial charge in [0.2, 0.25) is 11.8 Å². The summed E-state index contributed by atoms with van der Waals surface area (Å²) in [5.41, 5.74) is -1.21. The largest absolute Gasteiger partial charge is 0.472 e. The van der Waals surface area contributed by atoms with E-state index in [4.69, 9.17) is 25.8 Å². The number of amides is 1. The summed E-state index contributed by atoms with van der Waals surface area (Å²) < 4.78 is 16.2. The lowest BCUT2D eigenvalue weighted by atomic mass is 9.77. The van der Waals surface area contributed by atoms with Crippen molar-refractivity contribution in [3.05, 3.63) is 17.5 Å². The normalized spacial score (nSPS) is 19.9. The number of esters is 2. The number of likely N-dealkylation sites (tertiary alicyclic amines) is 1. The number of halogens is 1. The maximum atomic E-state index is 13.6. The summed E-state index contributed by atoms with van der Waals surface area (Å²) >= 11 is 5.88. The summed E-state index contributed by atoms with van der Waals surface area (Å²) in [6.45, 7) is 11.1. The number of carbonyl (C=O) groups excluding carboxylic acids is 3. The quantitative estimate of drug-likeness (QED) is 0.462. The average Bonchev–Trinajstić information content (AvgIpc) is 3.06. The van der Waals surface area contributed by atoms with Crippen molar-refractivity contribution in [1.82, 2.24) is 14.9 Å². The molecule has 1 aromatic rings. The zero-order chi connectivity index (χ0) is 24.3. The maximum Gasteiger partial charge on any atom is 0.328 e. The summed E-state index contributed by atoms with van der Waals surface area (Å²) in [6, 6.07) is 0.623. The number of nitrogens with zero attached hydrogens (tertiary/aromatic N) is 3. The zero-order valence-electron chi connectivity index (χ0n) is 19.7. The molecule has 1 amide bonds. The summed E-state index contributed by atoms with van der Waals surface area (Å²) in [7, 11) is 1.27. The van der Waals surface area contributed by atoms with Gasteiger partial charge in [-0.15, -0.1) is 0 Å². The molecule has 0 aromatic carbocycles. The van der Waals surface area contributed by atoms with Crippen LogP contribution in [0.1, 0.15) is 54.4 Å². The molecule has 9 nitrogen and oxygen atoms in total. The van der Waals surface area contributed by atoms with Gasteiger partial charge in [0.1, 0.15) is 29.2 Å². The lowest BCUT2D eigenvalue weighted by molar-refractivity contribution is -0.162. The third-order valence-corrected chi connectivity index (χ3v) is 5.26. The average molecular weight is 470 g/mol. The monoisotopic (exact) mass is 469 g/mol. The Morgan fingerprint density at radius 1 is 1.19 bits per heavy atom. The van der Waals surface area contributed by atoms with Crippen molar-refractivity contribution < 1.29 is 28.6 Å². The maximum absolute atomic E-state index is 13.6. The van der Waals surface area contributed by atoms with Crippen molar-refractivity contribution in [1.29, 1.82) is 0 Å². The van der Waals surface area contributed by atoms with Crippen molar-refractivity contribution in [3.63, 3.8) is 0 Å². The molecule has 10 heteroatoms. The van der Waals surface area contributed by atoms with Gasteiger partial charge in [0.25, 0.3) is 0 Å². The molecule has 0 bridgehead atoms. The third kappa shape index (κ3) is 7.05. The molecule has 1 fully saturated rings. The van der Waals surface area contributed by atoms with Crippen LogP contribution >= 0.6 is 11.6 Å². The van der Waals surface area contributed by atoms with E-state index in [-0.39, 0.29) is 36.3 Å². The van der Waals surface area contributed by atoms with E-state index in [0.29, 0.717) is 0 Å². The first-order valence-electron chi connectivity index (χ1n) is 10.5. The van der Waals surface area contributed by atoms with Gasteiger partial charge < -0.3 is 19.1 Å². The van der Waals surface area contributed by atoms with Gasteiger partial charge in [-0.25, -0.2) is 14.8 Å². The van der Waals surface area contributed by atoms with Crippen LogP contribution in [0.2, 0.25) is 5.15 Å². The molecule has 3 atom stereocenters. The minimum absolute atomic E-state index is 0.100. The molecule has 0 aliphatic carbocycles. The lowest BCUT2D eigenvalue weighted by Crippen LogP contribution is -2.48. The molecule has 178 valence electrons. The van der Waals surface area contributed by atoms with Crippen LogP contribution in [0, 0.1) is 11.3 Å². The van der Waals surface area contributed by atoms with Crippen LogP contribution in [0.5, 0.6) is 5.88 Å². The molecule has 0 saturated carbocycles. The summed E-state index contributed by atoms with van der Waals surface area (Å²) in [4.78, 5) is 47.8. The number of carbonyl (C=O) groups is 3. The number of rotatable bonds is 6. The Morgan fingerprint density at radius 2 is 1.84 bits per heavy atom. The van der Waals surface area contributed by atoms with Gasteiger partial charge in [0.15, 0.2) is 0 Å². The van der Waals surface area contributed by atoms with Crippen LogP contribution < -0.4 is 4.74 Å². The molecule has 1 aliphatic heterocycles. The van der Waals surface area contributed by atoms with Crippen LogP contribution in [0.4, 0.5) is 0 Å². The van der Waals surface area contributed by atoms with Crippen LogP contribution in [0.25, 0.3) is 0 Å². The van der Waals surface area contributed by atoms with Crippen molar-refractivity contribution in [2.24, 2.45) is 11.3 Å². The van der Waals surface area contributed by atoms with Crippen molar-refractivity contribution in [3.8, 4) is 5.88 Å². The molecule has 32 heavy (non-hydrogen) atoms. The molecule has 0 unspecified atom stereocenters. The predicted octanol–water partition coefficient (Wildman–Crippen LogP) is 3.05. The van der Waals surface area contributed by atoms with E-state index in [1.807, 2.05) is 20.8 Å². The van der Waals surface area contributed by atoms with E-state index in [9.17, 15) is 14.4 Å². The van der Waals surface area contributed by atoms with Gasteiger partial charge in [0.05, 0.1) is 26.0 Å². The highest BCUT2D eigenvalue weighted by molar-refractivity contribution is 6.29. The highest BCUT2D eigenvalue weighted by atomic mass is 35.5. The van der Waals surface area contributed by atoms with Crippen LogP contribution in [-0.2, 0) is 23.9 Å². The molecule has 0 radical (unpaired) electrons. The fourth-order valence-corrected chi connectivity index (χ4v) is 3.69. The standard InChI is InChI=1S/C22H32ClN3O6/c1-21(2,3)14(9-18(27)32-22(4,5)6)19(28)26-11-13(8-15(26)20(29)30-7)31-17-10-16(23)24-12-25-17/h10,12-15H,8-9,11H2,1-7H3/t13-,14-,15+/m1/s1. The Bertz CT molecular complexity index is 849. The molecule has 1 aliphatic rings. The minimum atomic E-state index is -0.835. The van der Waals surface area contributed by atoms with Gasteiger partial charge in [0, 0.05) is 12.5 Å². The highest BCUT2D eigenvalue weighted by Crippen LogP contribution is 2.34. The van der Waals surface area contributed by atoms with E-state index < -0.39 is 41.0 Å². The molecule has 2 rings (SSSR count). The Kier molecular flexibility index (Phi) is 8.09. The second kappa shape index (κ2) is 10.0. The summed E-state index contributed by atoms with van der Waals surface area (Å²) in [5.74, 6) is -1.80. The number of methoxy groups -OCH3 is 1. The second-order valence-electron chi connectivity index (χ2n) is 9.89. The Labute approximate surface area is 193 Å². The number of ether oxygens (including phenoxy) is 3. The molecule has 0 N–H and O–H groups in total. The SMILES string of the molecule is COC(=O)[C@@H]1C[C@@H](Oc2cc(Cl)ncn2)CN1C(=O)[C@@H](CC(=O)OC(C)(C)C)C(C)(C)C. The Hall–Kier alpha value is -2.42. The fraction of sp³-hybridized carbons (Fsp3) is 0.682. The molecule has 1 aromatic heterocycles. The highest BCUT2D eigenvalue weighted by Gasteiger charge is 2.46. The number of aromatic nitrogens is 2. The Morgan fingerprint density at radius 3 is 2.38 bits per heavy atom. The van der Waals surface area contributed by atoms with Gasteiger partial charge in [-0.3, -0.25) is 9.59 Å². The van der Waals surface area contributed by atoms with Crippen molar-refractivity contribution in [2.75, 3.05) is 13.7 Å². The van der Waals surface area contributed by atoms with Gasteiger partial charge in [-0.1, -0.05) is 32.4 Å².